The first-order valence-corrected chi connectivity index (χ1v) is 8.16. The number of thiophene rings is 1. The summed E-state index contributed by atoms with van der Waals surface area (Å²) in [7, 11) is 0. The van der Waals surface area contributed by atoms with Gasteiger partial charge in [0.15, 0.2) is 0 Å². The van der Waals surface area contributed by atoms with E-state index < -0.39 is 0 Å². The van der Waals surface area contributed by atoms with E-state index in [1.165, 1.54) is 4.88 Å². The summed E-state index contributed by atoms with van der Waals surface area (Å²) in [6, 6.07) is 9.86. The van der Waals surface area contributed by atoms with Crippen LogP contribution in [0.3, 0.4) is 0 Å². The summed E-state index contributed by atoms with van der Waals surface area (Å²) in [4.78, 5) is 11.9. The Balaban J connectivity index is 2.08. The van der Waals surface area contributed by atoms with E-state index in [2.05, 4.69) is 23.0 Å². The van der Waals surface area contributed by atoms with Crippen molar-refractivity contribution in [3.8, 4) is 0 Å². The van der Waals surface area contributed by atoms with E-state index in [0.717, 1.165) is 26.6 Å². The quantitative estimate of drug-likeness (QED) is 0.714. The molecule has 2 heterocycles. The standard InChI is InChI=1S/C14H12ClN3S2/c1-2-9-7-11-12(19-9)17-14(16)18-13(11)20-10-5-3-4-8(15)6-10/h3-7H,2H2,1H3,(H2,16,17,18). The molecule has 0 radical (unpaired) electrons. The van der Waals surface area contributed by atoms with Gasteiger partial charge >= 0.3 is 0 Å². The molecule has 3 aromatic rings. The van der Waals surface area contributed by atoms with Crippen LogP contribution in [0.5, 0.6) is 0 Å². The summed E-state index contributed by atoms with van der Waals surface area (Å²) in [5.74, 6) is 0.312. The Morgan fingerprint density at radius 1 is 1.30 bits per heavy atom. The first kappa shape index (κ1) is 13.7. The minimum Gasteiger partial charge on any atom is -0.368 e. The number of benzene rings is 1. The number of halogens is 1. The third-order valence-electron chi connectivity index (χ3n) is 2.79. The van der Waals surface area contributed by atoms with Crippen LogP contribution in [0.1, 0.15) is 11.8 Å². The lowest BCUT2D eigenvalue weighted by atomic mass is 10.3. The molecule has 3 rings (SSSR count). The minimum absolute atomic E-state index is 0.312. The maximum Gasteiger partial charge on any atom is 0.222 e. The molecule has 102 valence electrons. The topological polar surface area (TPSA) is 51.8 Å². The van der Waals surface area contributed by atoms with Crippen molar-refractivity contribution in [3.63, 3.8) is 0 Å². The van der Waals surface area contributed by atoms with Crippen molar-refractivity contribution in [2.24, 2.45) is 0 Å². The highest BCUT2D eigenvalue weighted by molar-refractivity contribution is 7.99. The van der Waals surface area contributed by atoms with Gasteiger partial charge in [0.05, 0.1) is 0 Å². The molecule has 3 nitrogen and oxygen atoms in total. The molecule has 0 fully saturated rings. The number of nitrogen functional groups attached to an aromatic ring is 1. The predicted molar refractivity (Wildman–Crippen MR) is 86.8 cm³/mol. The third kappa shape index (κ3) is 2.75. The molecule has 2 N–H and O–H groups in total. The summed E-state index contributed by atoms with van der Waals surface area (Å²) in [5.41, 5.74) is 5.80. The number of anilines is 1. The fourth-order valence-electron chi connectivity index (χ4n) is 1.86. The highest BCUT2D eigenvalue weighted by atomic mass is 35.5. The van der Waals surface area contributed by atoms with Crippen LogP contribution in [0.4, 0.5) is 5.95 Å². The van der Waals surface area contributed by atoms with E-state index in [-0.39, 0.29) is 0 Å². The van der Waals surface area contributed by atoms with Gasteiger partial charge in [-0.25, -0.2) is 9.97 Å². The number of rotatable bonds is 3. The van der Waals surface area contributed by atoms with E-state index in [1.54, 1.807) is 23.1 Å². The normalized spacial score (nSPS) is 11.1. The molecule has 20 heavy (non-hydrogen) atoms. The molecule has 2 aromatic heterocycles. The molecular weight excluding hydrogens is 310 g/mol. The Morgan fingerprint density at radius 2 is 2.15 bits per heavy atom. The number of fused-ring (bicyclic) bond motifs is 1. The lowest BCUT2D eigenvalue weighted by Gasteiger charge is -2.03. The Kier molecular flexibility index (Phi) is 3.83. The molecule has 0 amide bonds. The van der Waals surface area contributed by atoms with Crippen LogP contribution in [-0.4, -0.2) is 9.97 Å². The number of nitrogens with two attached hydrogens (primary N) is 1. The average molecular weight is 322 g/mol. The monoisotopic (exact) mass is 321 g/mol. The molecule has 0 aliphatic carbocycles. The fraction of sp³-hybridized carbons (Fsp3) is 0.143. The Labute approximate surface area is 130 Å². The zero-order valence-electron chi connectivity index (χ0n) is 10.8. The van der Waals surface area contributed by atoms with E-state index >= 15 is 0 Å². The molecule has 0 unspecified atom stereocenters. The lowest BCUT2D eigenvalue weighted by Crippen LogP contribution is -1.95. The summed E-state index contributed by atoms with van der Waals surface area (Å²) < 4.78 is 0. The van der Waals surface area contributed by atoms with E-state index in [0.29, 0.717) is 11.0 Å². The van der Waals surface area contributed by atoms with Crippen LogP contribution < -0.4 is 5.73 Å². The molecular formula is C14H12ClN3S2. The number of aryl methyl sites for hydroxylation is 1. The second-order valence-corrected chi connectivity index (χ2v) is 6.85. The summed E-state index contributed by atoms with van der Waals surface area (Å²) in [5, 5.41) is 2.66. The van der Waals surface area contributed by atoms with E-state index in [1.807, 2.05) is 24.3 Å². The molecule has 0 bridgehead atoms. The van der Waals surface area contributed by atoms with Gasteiger partial charge in [-0.1, -0.05) is 36.4 Å². The Morgan fingerprint density at radius 3 is 2.90 bits per heavy atom. The SMILES string of the molecule is CCc1cc2c(Sc3cccc(Cl)c3)nc(N)nc2s1. The molecule has 0 aliphatic rings. The largest absolute Gasteiger partial charge is 0.368 e. The summed E-state index contributed by atoms with van der Waals surface area (Å²) in [6.07, 6.45) is 0.988. The van der Waals surface area contributed by atoms with Gasteiger partial charge in [0.1, 0.15) is 9.86 Å². The highest BCUT2D eigenvalue weighted by Crippen LogP contribution is 2.36. The fourth-order valence-corrected chi connectivity index (χ4v) is 4.11. The molecule has 0 spiro atoms. The second-order valence-electron chi connectivity index (χ2n) is 4.23. The zero-order valence-corrected chi connectivity index (χ0v) is 13.1. The van der Waals surface area contributed by atoms with Crippen molar-refractivity contribution in [2.75, 3.05) is 5.73 Å². The first-order chi connectivity index (χ1) is 9.65. The molecule has 0 aliphatic heterocycles. The molecule has 6 heteroatoms. The van der Waals surface area contributed by atoms with Crippen molar-refractivity contribution in [1.29, 1.82) is 0 Å². The maximum atomic E-state index is 6.02. The number of hydrogen-bond acceptors (Lipinski definition) is 5. The molecule has 1 aromatic carbocycles. The van der Waals surface area contributed by atoms with Crippen LogP contribution >= 0.6 is 34.7 Å². The summed E-state index contributed by atoms with van der Waals surface area (Å²) in [6.45, 7) is 2.13. The van der Waals surface area contributed by atoms with Crippen LogP contribution in [-0.2, 0) is 6.42 Å². The molecule has 0 saturated heterocycles. The average Bonchev–Trinajstić information content (AvgIpc) is 2.82. The lowest BCUT2D eigenvalue weighted by molar-refractivity contribution is 1.12. The van der Waals surface area contributed by atoms with Crippen molar-refractivity contribution in [1.82, 2.24) is 9.97 Å². The van der Waals surface area contributed by atoms with Gasteiger partial charge in [-0.15, -0.1) is 11.3 Å². The van der Waals surface area contributed by atoms with Crippen molar-refractivity contribution >= 4 is 50.9 Å². The predicted octanol–water partition coefficient (Wildman–Crippen LogP) is 4.64. The smallest absolute Gasteiger partial charge is 0.222 e. The van der Waals surface area contributed by atoms with Gasteiger partial charge < -0.3 is 5.73 Å². The molecule has 0 saturated carbocycles. The number of hydrogen-bond donors (Lipinski definition) is 1. The van der Waals surface area contributed by atoms with Crippen molar-refractivity contribution in [2.45, 2.75) is 23.3 Å². The van der Waals surface area contributed by atoms with Gasteiger partial charge in [0, 0.05) is 20.2 Å². The van der Waals surface area contributed by atoms with Gasteiger partial charge in [0.25, 0.3) is 0 Å². The zero-order chi connectivity index (χ0) is 14.1. The van der Waals surface area contributed by atoms with Gasteiger partial charge in [0.2, 0.25) is 5.95 Å². The third-order valence-corrected chi connectivity index (χ3v) is 5.19. The first-order valence-electron chi connectivity index (χ1n) is 6.15. The van der Waals surface area contributed by atoms with Crippen molar-refractivity contribution in [3.05, 3.63) is 40.2 Å². The van der Waals surface area contributed by atoms with Gasteiger partial charge in [-0.3, -0.25) is 0 Å². The summed E-state index contributed by atoms with van der Waals surface area (Å²) >= 11 is 9.25. The van der Waals surface area contributed by atoms with Gasteiger partial charge in [-0.05, 0) is 30.7 Å². The Bertz CT molecular complexity index is 770. The van der Waals surface area contributed by atoms with Crippen LogP contribution in [0.2, 0.25) is 5.02 Å². The highest BCUT2D eigenvalue weighted by Gasteiger charge is 2.11. The Hall–Kier alpha value is -1.30. The minimum atomic E-state index is 0.312. The molecule has 0 atom stereocenters. The van der Waals surface area contributed by atoms with Crippen LogP contribution in [0, 0.1) is 0 Å². The maximum absolute atomic E-state index is 6.02. The van der Waals surface area contributed by atoms with E-state index in [4.69, 9.17) is 17.3 Å². The van der Waals surface area contributed by atoms with E-state index in [9.17, 15) is 0 Å². The number of nitrogens with zero attached hydrogens (tertiary/aromatic N) is 2. The van der Waals surface area contributed by atoms with Crippen LogP contribution in [0.25, 0.3) is 10.2 Å². The van der Waals surface area contributed by atoms with Crippen molar-refractivity contribution < 1.29 is 0 Å². The van der Waals surface area contributed by atoms with Gasteiger partial charge in [-0.2, -0.15) is 0 Å². The second kappa shape index (κ2) is 5.60. The number of aromatic nitrogens is 2. The van der Waals surface area contributed by atoms with Crippen LogP contribution in [0.15, 0.2) is 40.3 Å².